The molecule has 0 aliphatic rings. The van der Waals surface area contributed by atoms with Gasteiger partial charge in [0.15, 0.2) is 0 Å². The van der Waals surface area contributed by atoms with Gasteiger partial charge in [-0.2, -0.15) is 15.0 Å². The van der Waals surface area contributed by atoms with Gasteiger partial charge in [0.25, 0.3) is 0 Å². The molecule has 8 nitrogen and oxygen atoms in total. The van der Waals surface area contributed by atoms with Crippen molar-refractivity contribution in [2.45, 2.75) is 19.9 Å². The molecule has 102 valence electrons. The van der Waals surface area contributed by atoms with Crippen molar-refractivity contribution in [1.82, 2.24) is 19.9 Å². The maximum absolute atomic E-state index is 5.26. The predicted molar refractivity (Wildman–Crippen MR) is 70.4 cm³/mol. The Kier molecular flexibility index (Phi) is 5.53. The van der Waals surface area contributed by atoms with Gasteiger partial charge in [0.1, 0.15) is 0 Å². The van der Waals surface area contributed by atoms with Crippen molar-refractivity contribution in [1.29, 1.82) is 0 Å². The van der Waals surface area contributed by atoms with Gasteiger partial charge in [-0.3, -0.25) is 5.43 Å². The number of methoxy groups -OCH3 is 1. The maximum Gasteiger partial charge on any atom is 0.322 e. The van der Waals surface area contributed by atoms with Gasteiger partial charge < -0.3 is 15.0 Å². The number of nitrogens with one attached hydrogen (secondary N) is 2. The summed E-state index contributed by atoms with van der Waals surface area (Å²) in [5, 5.41) is 3.10. The van der Waals surface area contributed by atoms with Gasteiger partial charge in [-0.15, -0.1) is 0 Å². The highest BCUT2D eigenvalue weighted by Gasteiger charge is 2.06. The number of anilines is 2. The zero-order valence-electron chi connectivity index (χ0n) is 11.3. The summed E-state index contributed by atoms with van der Waals surface area (Å²) in [5.74, 6) is 5.97. The van der Waals surface area contributed by atoms with E-state index in [1.54, 1.807) is 0 Å². The van der Waals surface area contributed by atoms with E-state index in [2.05, 4.69) is 51.5 Å². The van der Waals surface area contributed by atoms with Crippen LogP contribution in [0.2, 0.25) is 0 Å². The third-order valence-electron chi connectivity index (χ3n) is 2.56. The molecule has 0 atom stereocenters. The summed E-state index contributed by atoms with van der Waals surface area (Å²) in [5.41, 5.74) is 2.37. The molecule has 0 unspecified atom stereocenters. The van der Waals surface area contributed by atoms with Gasteiger partial charge in [-0.25, -0.2) is 5.84 Å². The lowest BCUT2D eigenvalue weighted by Gasteiger charge is -2.20. The van der Waals surface area contributed by atoms with Crippen LogP contribution >= 0.6 is 0 Å². The number of hydrazine groups is 1. The number of nitrogen functional groups attached to an aromatic ring is 1. The molecule has 0 saturated heterocycles. The summed E-state index contributed by atoms with van der Waals surface area (Å²) in [6.07, 6.45) is 0. The van der Waals surface area contributed by atoms with Gasteiger partial charge in [-0.05, 0) is 20.9 Å². The fourth-order valence-corrected chi connectivity index (χ4v) is 1.19. The largest absolute Gasteiger partial charge is 0.467 e. The van der Waals surface area contributed by atoms with Gasteiger partial charge in [0.05, 0.1) is 7.11 Å². The highest BCUT2D eigenvalue weighted by molar-refractivity contribution is 5.34. The third-order valence-corrected chi connectivity index (χ3v) is 2.56. The third kappa shape index (κ3) is 4.30. The molecule has 18 heavy (non-hydrogen) atoms. The number of ether oxygens (including phenoxy) is 1. The van der Waals surface area contributed by atoms with Crippen LogP contribution in [0, 0.1) is 0 Å². The Morgan fingerprint density at radius 3 is 2.50 bits per heavy atom. The number of hydrogen-bond acceptors (Lipinski definition) is 8. The Bertz CT molecular complexity index is 349. The first-order valence-electron chi connectivity index (χ1n) is 5.77. The van der Waals surface area contributed by atoms with Crippen LogP contribution in [0.5, 0.6) is 6.01 Å². The van der Waals surface area contributed by atoms with Crippen molar-refractivity contribution in [3.63, 3.8) is 0 Å². The number of likely N-dealkylation sites (N-methyl/N-ethyl adjacent to an activating group) is 1. The smallest absolute Gasteiger partial charge is 0.322 e. The van der Waals surface area contributed by atoms with Crippen molar-refractivity contribution in [2.75, 3.05) is 38.0 Å². The molecule has 0 radical (unpaired) electrons. The zero-order chi connectivity index (χ0) is 13.5. The van der Waals surface area contributed by atoms with Crippen LogP contribution < -0.4 is 21.3 Å². The number of hydrogen-bond donors (Lipinski definition) is 3. The van der Waals surface area contributed by atoms with Crippen LogP contribution in [0.3, 0.4) is 0 Å². The SMILES string of the molecule is COc1nc(NN)nc(NCCN(C)C(C)C)n1. The van der Waals surface area contributed by atoms with E-state index in [-0.39, 0.29) is 12.0 Å². The average molecular weight is 255 g/mol. The van der Waals surface area contributed by atoms with E-state index in [9.17, 15) is 0 Å². The summed E-state index contributed by atoms with van der Waals surface area (Å²) < 4.78 is 4.95. The molecule has 4 N–H and O–H groups in total. The zero-order valence-corrected chi connectivity index (χ0v) is 11.3. The average Bonchev–Trinajstić information content (AvgIpc) is 2.37. The van der Waals surface area contributed by atoms with E-state index in [1.165, 1.54) is 7.11 Å². The second kappa shape index (κ2) is 6.92. The van der Waals surface area contributed by atoms with E-state index < -0.39 is 0 Å². The topological polar surface area (TPSA) is 101 Å². The molecule has 1 heterocycles. The van der Waals surface area contributed by atoms with Gasteiger partial charge >= 0.3 is 6.01 Å². The fraction of sp³-hybridized carbons (Fsp3) is 0.700. The van der Waals surface area contributed by atoms with E-state index in [4.69, 9.17) is 10.6 Å². The Morgan fingerprint density at radius 2 is 1.94 bits per heavy atom. The van der Waals surface area contributed by atoms with Gasteiger partial charge in [-0.1, -0.05) is 0 Å². The molecule has 1 aromatic rings. The first kappa shape index (κ1) is 14.4. The van der Waals surface area contributed by atoms with Crippen LogP contribution in [0.15, 0.2) is 0 Å². The summed E-state index contributed by atoms with van der Waals surface area (Å²) in [6.45, 7) is 5.90. The van der Waals surface area contributed by atoms with Crippen molar-refractivity contribution in [2.24, 2.45) is 5.84 Å². The summed E-state index contributed by atoms with van der Waals surface area (Å²) in [6, 6.07) is 0.721. The van der Waals surface area contributed by atoms with Crippen LogP contribution in [0.1, 0.15) is 13.8 Å². The standard InChI is InChI=1S/C10H21N7O/c1-7(2)17(3)6-5-12-8-13-9(16-11)15-10(14-8)18-4/h7H,5-6,11H2,1-4H3,(H2,12,13,14,15,16). The monoisotopic (exact) mass is 255 g/mol. The van der Waals surface area contributed by atoms with Crippen molar-refractivity contribution in [3.8, 4) is 6.01 Å². The molecule has 0 fully saturated rings. The number of rotatable bonds is 7. The molecule has 8 heteroatoms. The fourth-order valence-electron chi connectivity index (χ4n) is 1.19. The normalized spacial score (nSPS) is 10.8. The van der Waals surface area contributed by atoms with Crippen molar-refractivity contribution in [3.05, 3.63) is 0 Å². The van der Waals surface area contributed by atoms with Crippen molar-refractivity contribution < 1.29 is 4.74 Å². The molecule has 1 aromatic heterocycles. The minimum Gasteiger partial charge on any atom is -0.467 e. The summed E-state index contributed by atoms with van der Waals surface area (Å²) in [7, 11) is 3.55. The molecule has 0 aliphatic heterocycles. The molecule has 0 amide bonds. The van der Waals surface area contributed by atoms with E-state index in [1.807, 2.05) is 0 Å². The Morgan fingerprint density at radius 1 is 1.28 bits per heavy atom. The second-order valence-corrected chi connectivity index (χ2v) is 4.11. The highest BCUT2D eigenvalue weighted by atomic mass is 16.5. The molecule has 0 saturated carbocycles. The minimum atomic E-state index is 0.220. The van der Waals surface area contributed by atoms with Crippen LogP contribution in [-0.4, -0.2) is 53.1 Å². The quantitative estimate of drug-likeness (QED) is 0.459. The van der Waals surface area contributed by atoms with E-state index in [0.717, 1.165) is 13.1 Å². The predicted octanol–water partition coefficient (Wildman–Crippen LogP) is -0.0821. The lowest BCUT2D eigenvalue weighted by atomic mass is 10.3. The van der Waals surface area contributed by atoms with Crippen LogP contribution in [-0.2, 0) is 0 Å². The molecule has 1 rings (SSSR count). The Balaban J connectivity index is 2.56. The van der Waals surface area contributed by atoms with Crippen LogP contribution in [0.25, 0.3) is 0 Å². The molecule has 0 spiro atoms. The molecule has 0 bridgehead atoms. The Hall–Kier alpha value is -1.67. The number of nitrogens with two attached hydrogens (primary N) is 1. The van der Waals surface area contributed by atoms with Crippen molar-refractivity contribution >= 4 is 11.9 Å². The first-order valence-corrected chi connectivity index (χ1v) is 5.77. The van der Waals surface area contributed by atoms with Crippen LogP contribution in [0.4, 0.5) is 11.9 Å². The molecule has 0 aromatic carbocycles. The lowest BCUT2D eigenvalue weighted by molar-refractivity contribution is 0.284. The minimum absolute atomic E-state index is 0.220. The lowest BCUT2D eigenvalue weighted by Crippen LogP contribution is -2.31. The van der Waals surface area contributed by atoms with Gasteiger partial charge in [0, 0.05) is 19.1 Å². The van der Waals surface area contributed by atoms with Gasteiger partial charge in [0.2, 0.25) is 11.9 Å². The first-order chi connectivity index (χ1) is 8.56. The van der Waals surface area contributed by atoms with E-state index in [0.29, 0.717) is 12.0 Å². The summed E-state index contributed by atoms with van der Waals surface area (Å²) >= 11 is 0. The molecular weight excluding hydrogens is 234 g/mol. The Labute approximate surface area is 107 Å². The number of aromatic nitrogens is 3. The van der Waals surface area contributed by atoms with E-state index >= 15 is 0 Å². The maximum atomic E-state index is 5.26. The summed E-state index contributed by atoms with van der Waals surface area (Å²) in [4.78, 5) is 14.3. The number of nitrogens with zero attached hydrogens (tertiary/aromatic N) is 4. The highest BCUT2D eigenvalue weighted by Crippen LogP contribution is 2.09. The molecule has 0 aliphatic carbocycles. The molecular formula is C10H21N7O. The second-order valence-electron chi connectivity index (χ2n) is 4.11.